The van der Waals surface area contributed by atoms with E-state index < -0.39 is 23.2 Å². The summed E-state index contributed by atoms with van der Waals surface area (Å²) in [6, 6.07) is 0.740. The standard InChI is InChI=1S/C11H12F3N3O2S/c1-20-10(19)17-5-4-16-9(18)7-6-15-3-2-8(7)11(12,13)14/h2-3,6H,4-5H2,1H3,(H,16,18)(H,17,19). The van der Waals surface area contributed by atoms with Crippen LogP contribution in [0.25, 0.3) is 0 Å². The quantitative estimate of drug-likeness (QED) is 0.834. The molecule has 110 valence electrons. The third-order valence-corrected chi connectivity index (χ3v) is 2.75. The molecule has 0 atom stereocenters. The van der Waals surface area contributed by atoms with Crippen molar-refractivity contribution in [1.29, 1.82) is 0 Å². The van der Waals surface area contributed by atoms with E-state index in [1.807, 2.05) is 0 Å². The van der Waals surface area contributed by atoms with Crippen LogP contribution >= 0.6 is 11.8 Å². The summed E-state index contributed by atoms with van der Waals surface area (Å²) in [5, 5.41) is 4.46. The van der Waals surface area contributed by atoms with Crippen molar-refractivity contribution in [2.45, 2.75) is 6.18 Å². The van der Waals surface area contributed by atoms with Crippen LogP contribution in [-0.2, 0) is 6.18 Å². The smallest absolute Gasteiger partial charge is 0.350 e. The normalized spacial score (nSPS) is 11.0. The van der Waals surface area contributed by atoms with Crippen molar-refractivity contribution in [3.63, 3.8) is 0 Å². The Morgan fingerprint density at radius 2 is 1.95 bits per heavy atom. The number of nitrogens with zero attached hydrogens (tertiary/aromatic N) is 1. The summed E-state index contributed by atoms with van der Waals surface area (Å²) in [5.74, 6) is -0.885. The van der Waals surface area contributed by atoms with Gasteiger partial charge >= 0.3 is 6.18 Å². The molecule has 0 radical (unpaired) electrons. The number of aromatic nitrogens is 1. The van der Waals surface area contributed by atoms with Crippen LogP contribution in [0.15, 0.2) is 18.5 Å². The molecular weight excluding hydrogens is 295 g/mol. The Kier molecular flexibility index (Phi) is 5.81. The lowest BCUT2D eigenvalue weighted by Crippen LogP contribution is -2.34. The zero-order valence-corrected chi connectivity index (χ0v) is 11.3. The second-order valence-electron chi connectivity index (χ2n) is 3.59. The van der Waals surface area contributed by atoms with Crippen LogP contribution in [0.4, 0.5) is 18.0 Å². The molecular formula is C11H12F3N3O2S. The predicted molar refractivity (Wildman–Crippen MR) is 68.5 cm³/mol. The number of nitrogens with one attached hydrogen (secondary N) is 2. The van der Waals surface area contributed by atoms with Crippen molar-refractivity contribution in [2.24, 2.45) is 0 Å². The summed E-state index contributed by atoms with van der Waals surface area (Å²) in [5.41, 5.74) is -1.59. The number of carbonyl (C=O) groups is 2. The van der Waals surface area contributed by atoms with Crippen molar-refractivity contribution in [3.8, 4) is 0 Å². The first-order valence-electron chi connectivity index (χ1n) is 5.47. The SMILES string of the molecule is CSC(=O)NCCNC(=O)c1cnccc1C(F)(F)F. The number of pyridine rings is 1. The van der Waals surface area contributed by atoms with Gasteiger partial charge in [0.05, 0.1) is 11.1 Å². The lowest BCUT2D eigenvalue weighted by molar-refractivity contribution is -0.138. The number of hydrogen-bond donors (Lipinski definition) is 2. The Bertz CT molecular complexity index is 494. The van der Waals surface area contributed by atoms with Gasteiger partial charge in [0.2, 0.25) is 0 Å². The number of thioether (sulfide) groups is 1. The van der Waals surface area contributed by atoms with Crippen LogP contribution in [0, 0.1) is 0 Å². The average molecular weight is 307 g/mol. The van der Waals surface area contributed by atoms with Gasteiger partial charge in [-0.1, -0.05) is 11.8 Å². The molecule has 0 aliphatic carbocycles. The number of hydrogen-bond acceptors (Lipinski definition) is 4. The Morgan fingerprint density at radius 3 is 2.55 bits per heavy atom. The minimum Gasteiger partial charge on any atom is -0.350 e. The fourth-order valence-electron chi connectivity index (χ4n) is 1.33. The highest BCUT2D eigenvalue weighted by Crippen LogP contribution is 2.31. The van der Waals surface area contributed by atoms with Crippen LogP contribution in [-0.4, -0.2) is 35.5 Å². The highest BCUT2D eigenvalue weighted by atomic mass is 32.2. The highest BCUT2D eigenvalue weighted by Gasteiger charge is 2.35. The van der Waals surface area contributed by atoms with Crippen molar-refractivity contribution >= 4 is 22.9 Å². The van der Waals surface area contributed by atoms with Gasteiger partial charge in [-0.25, -0.2) is 0 Å². The van der Waals surface area contributed by atoms with Gasteiger partial charge in [-0.2, -0.15) is 13.2 Å². The maximum absolute atomic E-state index is 12.7. The van der Waals surface area contributed by atoms with Gasteiger partial charge < -0.3 is 10.6 Å². The van der Waals surface area contributed by atoms with Gasteiger partial charge in [0.1, 0.15) is 0 Å². The van der Waals surface area contributed by atoms with Crippen LogP contribution in [0.1, 0.15) is 15.9 Å². The zero-order chi connectivity index (χ0) is 15.2. The van der Waals surface area contributed by atoms with E-state index in [9.17, 15) is 22.8 Å². The molecule has 0 bridgehead atoms. The summed E-state index contributed by atoms with van der Waals surface area (Å²) in [4.78, 5) is 26.1. The molecule has 0 aromatic carbocycles. The number of halogens is 3. The van der Waals surface area contributed by atoms with Crippen LogP contribution in [0.2, 0.25) is 0 Å². The summed E-state index contributed by atoms with van der Waals surface area (Å²) < 4.78 is 38.0. The molecule has 1 aromatic rings. The Hall–Kier alpha value is -1.77. The highest BCUT2D eigenvalue weighted by molar-refractivity contribution is 8.12. The van der Waals surface area contributed by atoms with Crippen LogP contribution in [0.3, 0.4) is 0 Å². The minimum atomic E-state index is -4.62. The molecule has 2 N–H and O–H groups in total. The molecule has 1 heterocycles. The fourth-order valence-corrected chi connectivity index (χ4v) is 1.58. The molecule has 0 aliphatic heterocycles. The van der Waals surface area contributed by atoms with Gasteiger partial charge in [-0.3, -0.25) is 14.6 Å². The number of amides is 2. The topological polar surface area (TPSA) is 71.1 Å². The fraction of sp³-hybridized carbons (Fsp3) is 0.364. The molecule has 20 heavy (non-hydrogen) atoms. The van der Waals surface area contributed by atoms with Crippen molar-refractivity contribution in [3.05, 3.63) is 29.6 Å². The average Bonchev–Trinajstić information content (AvgIpc) is 2.42. The number of alkyl halides is 3. The summed E-state index contributed by atoms with van der Waals surface area (Å²) in [6.07, 6.45) is -1.21. The van der Waals surface area contributed by atoms with Crippen LogP contribution in [0.5, 0.6) is 0 Å². The predicted octanol–water partition coefficient (Wildman–Crippen LogP) is 1.90. The molecule has 0 saturated carbocycles. The first-order chi connectivity index (χ1) is 9.36. The minimum absolute atomic E-state index is 0.0251. The Labute approximate surface area is 117 Å². The lowest BCUT2D eigenvalue weighted by atomic mass is 10.1. The monoisotopic (exact) mass is 307 g/mol. The van der Waals surface area contributed by atoms with E-state index in [2.05, 4.69) is 15.6 Å². The zero-order valence-electron chi connectivity index (χ0n) is 10.5. The second kappa shape index (κ2) is 7.13. The largest absolute Gasteiger partial charge is 0.417 e. The Balaban J connectivity index is 2.62. The molecule has 2 amide bonds. The van der Waals surface area contributed by atoms with E-state index in [-0.39, 0.29) is 18.3 Å². The van der Waals surface area contributed by atoms with Gasteiger partial charge in [-0.15, -0.1) is 0 Å². The summed E-state index contributed by atoms with van der Waals surface area (Å²) in [6.45, 7) is 0.157. The lowest BCUT2D eigenvalue weighted by Gasteiger charge is -2.12. The number of rotatable bonds is 4. The molecule has 0 saturated heterocycles. The third kappa shape index (κ3) is 4.72. The second-order valence-corrected chi connectivity index (χ2v) is 4.37. The first-order valence-corrected chi connectivity index (χ1v) is 6.70. The van der Waals surface area contributed by atoms with Gasteiger partial charge in [0.25, 0.3) is 11.1 Å². The molecule has 9 heteroatoms. The molecule has 0 fully saturated rings. The maximum atomic E-state index is 12.7. The van der Waals surface area contributed by atoms with Gasteiger partial charge in [-0.05, 0) is 12.3 Å². The maximum Gasteiger partial charge on any atom is 0.417 e. The van der Waals surface area contributed by atoms with Gasteiger partial charge in [0.15, 0.2) is 0 Å². The van der Waals surface area contributed by atoms with E-state index in [0.717, 1.165) is 30.2 Å². The summed E-state index contributed by atoms with van der Waals surface area (Å²) >= 11 is 0.964. The molecule has 1 aromatic heterocycles. The van der Waals surface area contributed by atoms with E-state index in [1.165, 1.54) is 0 Å². The number of carbonyl (C=O) groups excluding carboxylic acids is 2. The van der Waals surface area contributed by atoms with E-state index in [4.69, 9.17) is 0 Å². The Morgan fingerprint density at radius 1 is 1.30 bits per heavy atom. The third-order valence-electron chi connectivity index (χ3n) is 2.24. The molecule has 0 spiro atoms. The first kappa shape index (κ1) is 16.3. The van der Waals surface area contributed by atoms with E-state index in [0.29, 0.717) is 0 Å². The van der Waals surface area contributed by atoms with E-state index >= 15 is 0 Å². The van der Waals surface area contributed by atoms with E-state index in [1.54, 1.807) is 6.26 Å². The van der Waals surface area contributed by atoms with Crippen LogP contribution < -0.4 is 10.6 Å². The van der Waals surface area contributed by atoms with Crippen molar-refractivity contribution in [1.82, 2.24) is 15.6 Å². The van der Waals surface area contributed by atoms with Crippen molar-refractivity contribution in [2.75, 3.05) is 19.3 Å². The molecule has 5 nitrogen and oxygen atoms in total. The molecule has 0 unspecified atom stereocenters. The molecule has 1 rings (SSSR count). The molecule has 0 aliphatic rings. The van der Waals surface area contributed by atoms with Crippen molar-refractivity contribution < 1.29 is 22.8 Å². The van der Waals surface area contributed by atoms with Gasteiger partial charge in [0, 0.05) is 25.5 Å². The summed E-state index contributed by atoms with van der Waals surface area (Å²) in [7, 11) is 0.